The van der Waals surface area contributed by atoms with E-state index in [1.54, 1.807) is 6.20 Å². The highest BCUT2D eigenvalue weighted by Gasteiger charge is 2.41. The summed E-state index contributed by atoms with van der Waals surface area (Å²) in [4.78, 5) is 21.2. The number of aliphatic hydroxyl groups excluding tert-OH is 1. The van der Waals surface area contributed by atoms with Crippen molar-refractivity contribution in [3.63, 3.8) is 0 Å². The van der Waals surface area contributed by atoms with Crippen LogP contribution in [-0.4, -0.2) is 53.7 Å². The molecule has 2 aromatic rings. The Kier molecular flexibility index (Phi) is 5.31. The zero-order valence-electron chi connectivity index (χ0n) is 19.4. The van der Waals surface area contributed by atoms with Gasteiger partial charge in [-0.3, -0.25) is 0 Å². The predicted octanol–water partition coefficient (Wildman–Crippen LogP) is 3.53. The largest absolute Gasteiger partial charge is 0.457 e. The number of hydrogen-bond acceptors (Lipinski definition) is 7. The number of ether oxygens (including phenoxy) is 1. The molecule has 0 bridgehead atoms. The van der Waals surface area contributed by atoms with E-state index in [-0.39, 0.29) is 5.97 Å². The molecule has 1 atom stereocenters. The van der Waals surface area contributed by atoms with Crippen LogP contribution < -0.4 is 4.90 Å². The van der Waals surface area contributed by atoms with Gasteiger partial charge in [-0.25, -0.2) is 9.78 Å². The summed E-state index contributed by atoms with van der Waals surface area (Å²) in [5, 5.41) is 20.2. The van der Waals surface area contributed by atoms with Crippen LogP contribution in [0.1, 0.15) is 76.7 Å². The van der Waals surface area contributed by atoms with Gasteiger partial charge in [-0.15, -0.1) is 0 Å². The lowest BCUT2D eigenvalue weighted by atomic mass is 9.77. The van der Waals surface area contributed by atoms with Crippen LogP contribution in [-0.2, 0) is 11.3 Å². The van der Waals surface area contributed by atoms with Gasteiger partial charge in [-0.1, -0.05) is 0 Å². The van der Waals surface area contributed by atoms with E-state index in [1.807, 2.05) is 24.3 Å². The second kappa shape index (κ2) is 8.37. The quantitative estimate of drug-likeness (QED) is 0.686. The van der Waals surface area contributed by atoms with Gasteiger partial charge >= 0.3 is 5.97 Å². The zero-order valence-corrected chi connectivity index (χ0v) is 19.4. The van der Waals surface area contributed by atoms with Crippen LogP contribution in [0, 0.1) is 16.7 Å². The first-order valence-corrected chi connectivity index (χ1v) is 12.4. The number of rotatable bonds is 5. The Balaban J connectivity index is 1.09. The number of aromatic nitrogens is 1. The van der Waals surface area contributed by atoms with E-state index in [4.69, 9.17) is 10.00 Å². The number of nitriles is 1. The lowest BCUT2D eigenvalue weighted by molar-refractivity contribution is 0.0535. The smallest absolute Gasteiger partial charge is 0.338 e. The van der Waals surface area contributed by atoms with Crippen molar-refractivity contribution in [1.82, 2.24) is 9.88 Å². The highest BCUT2D eigenvalue weighted by molar-refractivity contribution is 5.93. The standard InChI is InChI=1S/C27H30N4O3/c28-13-18-1-4-25(29-14-18)31-10-7-27(17-31)5-8-30(9-6-27)15-24(32)23-11-20-16-34-26(33)22(20)12-21(23)19-2-3-19/h1,4,11-12,14,19,24,32H,2-3,5-10,15-17H2. The van der Waals surface area contributed by atoms with Crippen molar-refractivity contribution >= 4 is 11.8 Å². The van der Waals surface area contributed by atoms with Crippen LogP contribution in [0.25, 0.3) is 0 Å². The molecule has 1 spiro atoms. The lowest BCUT2D eigenvalue weighted by Crippen LogP contribution is -2.43. The summed E-state index contributed by atoms with van der Waals surface area (Å²) in [5.74, 6) is 1.19. The average molecular weight is 459 g/mol. The minimum absolute atomic E-state index is 0.235. The maximum Gasteiger partial charge on any atom is 0.338 e. The third-order valence-corrected chi connectivity index (χ3v) is 8.25. The van der Waals surface area contributed by atoms with Crippen molar-refractivity contribution in [2.24, 2.45) is 5.41 Å². The fourth-order valence-electron chi connectivity index (χ4n) is 5.98. The Morgan fingerprint density at radius 3 is 2.71 bits per heavy atom. The normalized spacial score (nSPS) is 22.5. The van der Waals surface area contributed by atoms with E-state index in [0.29, 0.717) is 35.6 Å². The summed E-state index contributed by atoms with van der Waals surface area (Å²) in [6.45, 7) is 4.92. The monoisotopic (exact) mass is 458 g/mol. The van der Waals surface area contributed by atoms with Crippen molar-refractivity contribution in [1.29, 1.82) is 5.26 Å². The van der Waals surface area contributed by atoms with Gasteiger partial charge in [-0.2, -0.15) is 5.26 Å². The molecule has 1 aromatic heterocycles. The fraction of sp³-hybridized carbons (Fsp3) is 0.519. The van der Waals surface area contributed by atoms with E-state index in [0.717, 1.165) is 80.8 Å². The molecular formula is C27H30N4O3. The molecule has 34 heavy (non-hydrogen) atoms. The van der Waals surface area contributed by atoms with E-state index in [1.165, 1.54) is 0 Å². The summed E-state index contributed by atoms with van der Waals surface area (Å²) >= 11 is 0. The minimum atomic E-state index is -0.548. The predicted molar refractivity (Wildman–Crippen MR) is 126 cm³/mol. The number of β-amino-alcohol motifs (C(OH)–C–C–N with tert-alkyl or cyclic N) is 1. The number of fused-ring (bicyclic) bond motifs is 1. The summed E-state index contributed by atoms with van der Waals surface area (Å²) in [6, 6.07) is 9.93. The molecule has 2 saturated heterocycles. The maximum atomic E-state index is 12.0. The number of nitrogens with zero attached hydrogens (tertiary/aromatic N) is 4. The first-order valence-electron chi connectivity index (χ1n) is 12.4. The van der Waals surface area contributed by atoms with Gasteiger partial charge in [-0.05, 0) is 91.9 Å². The van der Waals surface area contributed by atoms with E-state index < -0.39 is 6.10 Å². The number of piperidine rings is 1. The lowest BCUT2D eigenvalue weighted by Gasteiger charge is -2.40. The first kappa shape index (κ1) is 21.6. The number of cyclic esters (lactones) is 1. The number of carbonyl (C=O) groups is 1. The highest BCUT2D eigenvalue weighted by Crippen LogP contribution is 2.45. The molecule has 0 radical (unpaired) electrons. The number of likely N-dealkylation sites (tertiary alicyclic amines) is 1. The van der Waals surface area contributed by atoms with Crippen LogP contribution in [0.5, 0.6) is 0 Å². The molecule has 0 amide bonds. The van der Waals surface area contributed by atoms with Crippen LogP contribution >= 0.6 is 0 Å². The van der Waals surface area contributed by atoms with Gasteiger partial charge in [0.2, 0.25) is 0 Å². The Hall–Kier alpha value is -2.95. The van der Waals surface area contributed by atoms with E-state index in [2.05, 4.69) is 20.9 Å². The van der Waals surface area contributed by atoms with Gasteiger partial charge < -0.3 is 19.6 Å². The zero-order chi connectivity index (χ0) is 23.3. The Bertz CT molecular complexity index is 1140. The Morgan fingerprint density at radius 1 is 1.21 bits per heavy atom. The van der Waals surface area contributed by atoms with Gasteiger partial charge in [0.25, 0.3) is 0 Å². The molecule has 7 nitrogen and oxygen atoms in total. The van der Waals surface area contributed by atoms with Crippen molar-refractivity contribution in [2.45, 2.75) is 50.7 Å². The summed E-state index contributed by atoms with van der Waals surface area (Å²) in [7, 11) is 0. The van der Waals surface area contributed by atoms with Crippen molar-refractivity contribution in [2.75, 3.05) is 37.6 Å². The molecule has 1 N–H and O–H groups in total. The number of esters is 1. The number of benzene rings is 1. The molecule has 176 valence electrons. The third kappa shape index (κ3) is 3.95. The Morgan fingerprint density at radius 2 is 2.00 bits per heavy atom. The number of carbonyl (C=O) groups excluding carboxylic acids is 1. The Labute approximate surface area is 200 Å². The van der Waals surface area contributed by atoms with Gasteiger partial charge in [0, 0.05) is 31.4 Å². The molecule has 3 aliphatic heterocycles. The average Bonchev–Trinajstić information content (AvgIpc) is 3.54. The molecule has 1 saturated carbocycles. The van der Waals surface area contributed by atoms with Crippen LogP contribution in [0.2, 0.25) is 0 Å². The topological polar surface area (TPSA) is 89.7 Å². The molecule has 1 aromatic carbocycles. The van der Waals surface area contributed by atoms with Crippen molar-refractivity contribution in [3.8, 4) is 6.07 Å². The number of pyridine rings is 1. The van der Waals surface area contributed by atoms with Crippen LogP contribution in [0.4, 0.5) is 5.82 Å². The van der Waals surface area contributed by atoms with E-state index in [9.17, 15) is 9.90 Å². The molecule has 6 rings (SSSR count). The molecule has 7 heteroatoms. The molecule has 4 heterocycles. The summed E-state index contributed by atoms with van der Waals surface area (Å²) < 4.78 is 5.22. The van der Waals surface area contributed by atoms with Crippen molar-refractivity contribution < 1.29 is 14.6 Å². The van der Waals surface area contributed by atoms with E-state index >= 15 is 0 Å². The minimum Gasteiger partial charge on any atom is -0.457 e. The van der Waals surface area contributed by atoms with Gasteiger partial charge in [0.1, 0.15) is 18.5 Å². The summed E-state index contributed by atoms with van der Waals surface area (Å²) in [6.07, 6.45) is 6.77. The summed E-state index contributed by atoms with van der Waals surface area (Å²) in [5.41, 5.74) is 4.61. The molecule has 4 aliphatic rings. The highest BCUT2D eigenvalue weighted by atomic mass is 16.5. The molecular weight excluding hydrogens is 428 g/mol. The van der Waals surface area contributed by atoms with Gasteiger partial charge in [0.05, 0.1) is 17.2 Å². The van der Waals surface area contributed by atoms with Crippen LogP contribution in [0.3, 0.4) is 0 Å². The fourth-order valence-corrected chi connectivity index (χ4v) is 5.98. The first-order chi connectivity index (χ1) is 16.5. The second-order valence-electron chi connectivity index (χ2n) is 10.5. The number of aliphatic hydroxyl groups is 1. The van der Waals surface area contributed by atoms with Gasteiger partial charge in [0.15, 0.2) is 0 Å². The second-order valence-corrected chi connectivity index (χ2v) is 10.5. The number of anilines is 1. The molecule has 1 unspecified atom stereocenters. The van der Waals surface area contributed by atoms with Crippen LogP contribution in [0.15, 0.2) is 30.5 Å². The maximum absolute atomic E-state index is 12.0. The number of hydrogen-bond donors (Lipinski definition) is 1. The third-order valence-electron chi connectivity index (χ3n) is 8.25. The molecule has 3 fully saturated rings. The molecule has 1 aliphatic carbocycles. The SMILES string of the molecule is N#Cc1ccc(N2CCC3(CCN(CC(O)c4cc5c(cc4C4CC4)C(=O)OC5)CC3)C2)nc1. The van der Waals surface area contributed by atoms with Crippen molar-refractivity contribution in [3.05, 3.63) is 58.3 Å².